The van der Waals surface area contributed by atoms with Gasteiger partial charge in [0.15, 0.2) is 0 Å². The molecule has 1 saturated heterocycles. The largest absolute Gasteiger partial charge is 0.477 e. The Kier molecular flexibility index (Phi) is 4.85. The third-order valence-corrected chi connectivity index (χ3v) is 5.44. The molecular formula is C22H26N6O3. The number of aryl methyl sites for hydroxylation is 1. The predicted molar refractivity (Wildman–Crippen MR) is 119 cm³/mol. The first-order valence-electron chi connectivity index (χ1n) is 11.5. The van der Waals surface area contributed by atoms with E-state index in [4.69, 9.17) is 8.85 Å². The number of aromatic amines is 1. The molecule has 1 amide bonds. The van der Waals surface area contributed by atoms with Gasteiger partial charge in [-0.05, 0) is 36.8 Å². The first-order chi connectivity index (χ1) is 16.1. The van der Waals surface area contributed by atoms with Crippen LogP contribution < -0.4 is 20.5 Å². The summed E-state index contributed by atoms with van der Waals surface area (Å²) in [5, 5.41) is 1.96. The number of carbonyl (C=O) groups excluding carboxylic acids is 1. The Morgan fingerprint density at radius 3 is 2.74 bits per heavy atom. The number of amides is 1. The molecule has 162 valence electrons. The first-order valence-corrected chi connectivity index (χ1v) is 9.97. The van der Waals surface area contributed by atoms with Crippen molar-refractivity contribution in [2.45, 2.75) is 13.5 Å². The van der Waals surface area contributed by atoms with Gasteiger partial charge in [0.25, 0.3) is 11.8 Å². The molecule has 3 heterocycles. The number of nitrogens with one attached hydrogen (secondary N) is 2. The van der Waals surface area contributed by atoms with E-state index in [2.05, 4.69) is 24.8 Å². The lowest BCUT2D eigenvalue weighted by atomic mass is 10.1. The van der Waals surface area contributed by atoms with E-state index in [-0.39, 0.29) is 17.1 Å². The number of nitrogens with zero attached hydrogens (tertiary/aromatic N) is 4. The minimum absolute atomic E-state index is 0.0482. The number of aromatic nitrogens is 3. The van der Waals surface area contributed by atoms with Gasteiger partial charge in [0.1, 0.15) is 5.69 Å². The van der Waals surface area contributed by atoms with E-state index < -0.39 is 12.9 Å². The van der Waals surface area contributed by atoms with Crippen molar-refractivity contribution < 1.29 is 13.6 Å². The van der Waals surface area contributed by atoms with Gasteiger partial charge >= 0.3 is 5.56 Å². The highest BCUT2D eigenvalue weighted by molar-refractivity contribution is 5.92. The molecule has 0 bridgehead atoms. The highest BCUT2D eigenvalue weighted by Gasteiger charge is 2.20. The molecule has 1 aromatic carbocycles. The van der Waals surface area contributed by atoms with Crippen LogP contribution in [0.4, 0.5) is 5.69 Å². The number of piperazine rings is 1. The fourth-order valence-electron chi connectivity index (χ4n) is 3.84. The van der Waals surface area contributed by atoms with Crippen molar-refractivity contribution in [3.8, 4) is 5.88 Å². The summed E-state index contributed by atoms with van der Waals surface area (Å²) in [6, 6.07) is 9.17. The van der Waals surface area contributed by atoms with E-state index in [0.717, 1.165) is 44.0 Å². The van der Waals surface area contributed by atoms with E-state index in [0.29, 0.717) is 16.7 Å². The molecule has 1 fully saturated rings. The van der Waals surface area contributed by atoms with Crippen LogP contribution in [0.3, 0.4) is 0 Å². The van der Waals surface area contributed by atoms with Gasteiger partial charge in [-0.3, -0.25) is 14.5 Å². The zero-order chi connectivity index (χ0) is 24.5. The number of benzene rings is 1. The van der Waals surface area contributed by atoms with Gasteiger partial charge in [-0.1, -0.05) is 6.07 Å². The van der Waals surface area contributed by atoms with Crippen molar-refractivity contribution >= 4 is 22.6 Å². The van der Waals surface area contributed by atoms with Gasteiger partial charge in [-0.2, -0.15) is 0 Å². The molecule has 0 spiro atoms. The second kappa shape index (κ2) is 8.73. The summed E-state index contributed by atoms with van der Waals surface area (Å²) in [4.78, 5) is 39.9. The summed E-state index contributed by atoms with van der Waals surface area (Å²) in [5.74, 6) is -0.670. The number of rotatable bonds is 5. The Morgan fingerprint density at radius 1 is 1.23 bits per heavy atom. The third-order valence-electron chi connectivity index (χ3n) is 5.44. The molecule has 0 radical (unpaired) electrons. The summed E-state index contributed by atoms with van der Waals surface area (Å²) in [6.07, 6.45) is 0. The topological polar surface area (TPSA) is 103 Å². The van der Waals surface area contributed by atoms with Crippen LogP contribution in [0.25, 0.3) is 11.0 Å². The Labute approximate surface area is 184 Å². The monoisotopic (exact) mass is 425 g/mol. The molecule has 31 heavy (non-hydrogen) atoms. The standard InChI is InChI=1S/C22H26N6O3/c1-14-19(7-6-17(24-14)20(29)23-2)28-10-8-27(9-11-28)13-15-4-5-16-18(12-15)25-21(30)22(26-16)31-3/h4-7,12H,8-11,13H2,1-3H3,(H,23,29)(H,25,30)/i2D3. The van der Waals surface area contributed by atoms with Crippen LogP contribution >= 0.6 is 0 Å². The molecule has 0 aliphatic carbocycles. The average molecular weight is 426 g/mol. The molecule has 3 aromatic rings. The number of carbonyl (C=O) groups is 1. The summed E-state index contributed by atoms with van der Waals surface area (Å²) in [5.41, 5.74) is 3.74. The van der Waals surface area contributed by atoms with Gasteiger partial charge in [-0.15, -0.1) is 0 Å². The second-order valence-electron chi connectivity index (χ2n) is 7.45. The second-order valence-corrected chi connectivity index (χ2v) is 7.45. The number of ether oxygens (including phenoxy) is 1. The molecule has 4 rings (SSSR count). The molecular weight excluding hydrogens is 396 g/mol. The quantitative estimate of drug-likeness (QED) is 0.635. The Hall–Kier alpha value is -3.46. The van der Waals surface area contributed by atoms with E-state index >= 15 is 0 Å². The van der Waals surface area contributed by atoms with Gasteiger partial charge < -0.3 is 19.9 Å². The van der Waals surface area contributed by atoms with Crippen LogP contribution in [0.1, 0.15) is 25.9 Å². The van der Waals surface area contributed by atoms with E-state index in [9.17, 15) is 9.59 Å². The van der Waals surface area contributed by atoms with Crippen molar-refractivity contribution in [1.82, 2.24) is 25.2 Å². The molecule has 1 aliphatic heterocycles. The Bertz CT molecular complexity index is 1270. The van der Waals surface area contributed by atoms with Crippen molar-refractivity contribution in [3.63, 3.8) is 0 Å². The zero-order valence-corrected chi connectivity index (χ0v) is 17.4. The Balaban J connectivity index is 1.39. The fourth-order valence-corrected chi connectivity index (χ4v) is 3.84. The zero-order valence-electron chi connectivity index (χ0n) is 20.4. The minimum Gasteiger partial charge on any atom is -0.477 e. The van der Waals surface area contributed by atoms with Crippen LogP contribution in [0.15, 0.2) is 35.1 Å². The molecule has 0 unspecified atom stereocenters. The van der Waals surface area contributed by atoms with Crippen LogP contribution in [0.5, 0.6) is 5.88 Å². The van der Waals surface area contributed by atoms with Gasteiger partial charge in [0, 0.05) is 43.8 Å². The molecule has 1 aliphatic rings. The van der Waals surface area contributed by atoms with Gasteiger partial charge in [0.2, 0.25) is 0 Å². The number of fused-ring (bicyclic) bond motifs is 1. The smallest absolute Gasteiger partial charge is 0.311 e. The molecule has 9 nitrogen and oxygen atoms in total. The summed E-state index contributed by atoms with van der Waals surface area (Å²) >= 11 is 0. The fraction of sp³-hybridized carbons (Fsp3) is 0.364. The summed E-state index contributed by atoms with van der Waals surface area (Å²) < 4.78 is 26.5. The Morgan fingerprint density at radius 2 is 2.03 bits per heavy atom. The molecule has 2 aromatic heterocycles. The number of pyridine rings is 1. The van der Waals surface area contributed by atoms with Gasteiger partial charge in [0.05, 0.1) is 29.5 Å². The number of anilines is 1. The maximum atomic E-state index is 12.1. The third kappa shape index (κ3) is 4.36. The van der Waals surface area contributed by atoms with Crippen LogP contribution in [-0.4, -0.2) is 66.0 Å². The van der Waals surface area contributed by atoms with Crippen molar-refractivity contribution in [2.75, 3.05) is 45.2 Å². The lowest BCUT2D eigenvalue weighted by molar-refractivity contribution is 0.0958. The van der Waals surface area contributed by atoms with Gasteiger partial charge in [-0.25, -0.2) is 9.97 Å². The lowest BCUT2D eigenvalue weighted by Gasteiger charge is -2.36. The molecule has 0 saturated carbocycles. The molecule has 0 atom stereocenters. The van der Waals surface area contributed by atoms with Crippen LogP contribution in [0.2, 0.25) is 0 Å². The SMILES string of the molecule is [2H]C([2H])([2H])NC(=O)c1ccc(N2CCN(Cc3ccc4nc(OC)c(=O)[nH]c4c3)CC2)c(C)n1. The minimum atomic E-state index is -2.55. The van der Waals surface area contributed by atoms with E-state index in [1.807, 2.05) is 36.5 Å². The van der Waals surface area contributed by atoms with Crippen molar-refractivity contribution in [3.05, 3.63) is 57.6 Å². The maximum absolute atomic E-state index is 12.1. The molecule has 9 heteroatoms. The number of hydrogen-bond acceptors (Lipinski definition) is 7. The van der Waals surface area contributed by atoms with Crippen LogP contribution in [0, 0.1) is 6.92 Å². The number of hydrogen-bond donors (Lipinski definition) is 2. The number of methoxy groups -OCH3 is 1. The van der Waals surface area contributed by atoms with E-state index in [1.165, 1.54) is 7.11 Å². The highest BCUT2D eigenvalue weighted by atomic mass is 16.5. The van der Waals surface area contributed by atoms with E-state index in [1.54, 1.807) is 6.07 Å². The number of H-pyrrole nitrogens is 1. The summed E-state index contributed by atoms with van der Waals surface area (Å²) in [6.45, 7) is 3.23. The first kappa shape index (κ1) is 17.2. The van der Waals surface area contributed by atoms with Crippen LogP contribution in [-0.2, 0) is 6.54 Å². The lowest BCUT2D eigenvalue weighted by Crippen LogP contribution is -2.46. The average Bonchev–Trinajstić information content (AvgIpc) is 2.78. The molecule has 2 N–H and O–H groups in total. The predicted octanol–water partition coefficient (Wildman–Crippen LogP) is 1.32. The highest BCUT2D eigenvalue weighted by Crippen LogP contribution is 2.22. The normalized spacial score (nSPS) is 16.5. The van der Waals surface area contributed by atoms with Crippen molar-refractivity contribution in [1.29, 1.82) is 0 Å². The maximum Gasteiger partial charge on any atom is 0.311 e. The van der Waals surface area contributed by atoms with Crippen molar-refractivity contribution in [2.24, 2.45) is 0 Å². The summed E-state index contributed by atoms with van der Waals surface area (Å²) in [7, 11) is 1.42.